The Hall–Kier alpha value is -2.16. The molecule has 0 aliphatic heterocycles. The van der Waals surface area contributed by atoms with Crippen molar-refractivity contribution in [3.8, 4) is 0 Å². The fourth-order valence-electron chi connectivity index (χ4n) is 1.49. The Morgan fingerprint density at radius 2 is 1.95 bits per heavy atom. The Kier molecular flexibility index (Phi) is 4.96. The van der Waals surface area contributed by atoms with E-state index in [9.17, 15) is 22.4 Å². The van der Waals surface area contributed by atoms with Gasteiger partial charge in [-0.3, -0.25) is 9.78 Å². The van der Waals surface area contributed by atoms with Crippen molar-refractivity contribution in [2.45, 2.75) is 16.7 Å². The lowest BCUT2D eigenvalue weighted by atomic mass is 10.2. The minimum absolute atomic E-state index is 0.0180. The highest BCUT2D eigenvalue weighted by atomic mass is 32.2. The molecule has 0 fully saturated rings. The van der Waals surface area contributed by atoms with E-state index in [-0.39, 0.29) is 22.5 Å². The van der Waals surface area contributed by atoms with Crippen LogP contribution >= 0.6 is 11.8 Å². The number of amides is 1. The fraction of sp³-hybridized carbons (Fsp3) is 0.154. The van der Waals surface area contributed by atoms with E-state index in [0.29, 0.717) is 0 Å². The molecule has 2 aromatic rings. The summed E-state index contributed by atoms with van der Waals surface area (Å²) < 4.78 is 52.0. The van der Waals surface area contributed by atoms with Crippen molar-refractivity contribution in [3.05, 3.63) is 48.4 Å². The highest BCUT2D eigenvalue weighted by Crippen LogP contribution is 2.28. The van der Waals surface area contributed by atoms with Crippen LogP contribution in [0, 0.1) is 0 Å². The molecule has 0 unspecified atom stereocenters. The number of rotatable bonds is 5. The van der Waals surface area contributed by atoms with Gasteiger partial charge in [0.1, 0.15) is 10.7 Å². The van der Waals surface area contributed by atoms with Gasteiger partial charge < -0.3 is 5.32 Å². The number of alkyl halides is 4. The number of carbonyl (C=O) groups is 1. The monoisotopic (exact) mass is 331 g/mol. The average molecular weight is 331 g/mol. The molecule has 4 nitrogen and oxygen atoms in total. The van der Waals surface area contributed by atoms with Gasteiger partial charge in [-0.2, -0.15) is 17.6 Å². The van der Waals surface area contributed by atoms with E-state index in [0.717, 1.165) is 18.5 Å². The Morgan fingerprint density at radius 3 is 2.50 bits per heavy atom. The van der Waals surface area contributed by atoms with Crippen LogP contribution in [-0.4, -0.2) is 21.6 Å². The van der Waals surface area contributed by atoms with Crippen LogP contribution in [0.5, 0.6) is 0 Å². The summed E-state index contributed by atoms with van der Waals surface area (Å²) in [5, 5.41) is 1.99. The summed E-state index contributed by atoms with van der Waals surface area (Å²) in [5.74, 6) is -8.04. The van der Waals surface area contributed by atoms with Gasteiger partial charge in [0.15, 0.2) is 0 Å². The normalized spacial score (nSPS) is 11.5. The van der Waals surface area contributed by atoms with Crippen molar-refractivity contribution < 1.29 is 22.4 Å². The molecule has 1 amide bonds. The first-order valence-corrected chi connectivity index (χ1v) is 6.79. The van der Waals surface area contributed by atoms with Crippen LogP contribution < -0.4 is 5.32 Å². The lowest BCUT2D eigenvalue weighted by Gasteiger charge is -2.15. The maximum atomic E-state index is 13.9. The van der Waals surface area contributed by atoms with Crippen LogP contribution in [0.1, 0.15) is 5.69 Å². The van der Waals surface area contributed by atoms with Crippen LogP contribution in [0.25, 0.3) is 0 Å². The number of hydrogen-bond donors (Lipinski definition) is 1. The Bertz CT molecular complexity index is 637. The predicted molar refractivity (Wildman–Crippen MR) is 72.9 cm³/mol. The molecule has 0 atom stereocenters. The first-order chi connectivity index (χ1) is 10.4. The summed E-state index contributed by atoms with van der Waals surface area (Å²) >= 11 is 0.213. The van der Waals surface area contributed by atoms with E-state index in [1.165, 1.54) is 24.3 Å². The molecule has 0 aromatic carbocycles. The number of aromatic nitrogens is 2. The van der Waals surface area contributed by atoms with Gasteiger partial charge in [-0.05, 0) is 36.0 Å². The number of nitrogens with zero attached hydrogens (tertiary/aromatic N) is 2. The number of halogens is 4. The van der Waals surface area contributed by atoms with E-state index >= 15 is 0 Å². The molecule has 0 spiro atoms. The second-order valence-electron chi connectivity index (χ2n) is 4.01. The Balaban J connectivity index is 2.08. The van der Waals surface area contributed by atoms with E-state index in [4.69, 9.17) is 0 Å². The van der Waals surface area contributed by atoms with Gasteiger partial charge in [-0.15, -0.1) is 0 Å². The lowest BCUT2D eigenvalue weighted by Crippen LogP contribution is -2.33. The van der Waals surface area contributed by atoms with Crippen molar-refractivity contribution >= 4 is 23.4 Å². The topological polar surface area (TPSA) is 54.9 Å². The van der Waals surface area contributed by atoms with Crippen molar-refractivity contribution in [2.75, 3.05) is 5.32 Å². The predicted octanol–water partition coefficient (Wildman–Crippen LogP) is 3.52. The summed E-state index contributed by atoms with van der Waals surface area (Å²) in [6.07, 6.45) is 2.17. The van der Waals surface area contributed by atoms with Crippen molar-refractivity contribution in [1.29, 1.82) is 0 Å². The third kappa shape index (κ3) is 3.94. The summed E-state index contributed by atoms with van der Waals surface area (Å²) in [5.41, 5.74) is -0.718. The van der Waals surface area contributed by atoms with Gasteiger partial charge in [-0.25, -0.2) is 4.98 Å². The standard InChI is InChI=1S/C13H9F4N3OS/c14-12(15)22-10-5-4-8(7-19-10)20-11(21)13(16,17)9-3-1-2-6-18-9/h1-7,12H,(H,20,21). The number of nitrogens with one attached hydrogen (secondary N) is 1. The molecule has 0 bridgehead atoms. The molecular weight excluding hydrogens is 322 g/mol. The summed E-state index contributed by atoms with van der Waals surface area (Å²) in [6, 6.07) is 6.22. The zero-order valence-corrected chi connectivity index (χ0v) is 11.7. The maximum Gasteiger partial charge on any atom is 0.366 e. The minimum atomic E-state index is -3.82. The highest BCUT2D eigenvalue weighted by molar-refractivity contribution is 7.99. The van der Waals surface area contributed by atoms with Crippen LogP contribution in [0.4, 0.5) is 23.2 Å². The number of hydrogen-bond acceptors (Lipinski definition) is 4. The van der Waals surface area contributed by atoms with Crippen molar-refractivity contribution in [1.82, 2.24) is 9.97 Å². The van der Waals surface area contributed by atoms with Crippen molar-refractivity contribution in [2.24, 2.45) is 0 Å². The first-order valence-electron chi connectivity index (χ1n) is 5.91. The smallest absolute Gasteiger partial charge is 0.319 e. The van der Waals surface area contributed by atoms with Gasteiger partial charge in [-0.1, -0.05) is 6.07 Å². The van der Waals surface area contributed by atoms with Crippen LogP contribution in [0.15, 0.2) is 47.8 Å². The van der Waals surface area contributed by atoms with Crippen LogP contribution in [0.2, 0.25) is 0 Å². The van der Waals surface area contributed by atoms with E-state index < -0.39 is 23.3 Å². The molecule has 0 radical (unpaired) electrons. The third-order valence-corrected chi connectivity index (χ3v) is 3.14. The molecule has 0 saturated heterocycles. The highest BCUT2D eigenvalue weighted by Gasteiger charge is 2.42. The fourth-order valence-corrected chi connectivity index (χ4v) is 1.93. The Morgan fingerprint density at radius 1 is 1.18 bits per heavy atom. The molecule has 116 valence electrons. The molecular formula is C13H9F4N3OS. The summed E-state index contributed by atoms with van der Waals surface area (Å²) in [4.78, 5) is 18.7. The second-order valence-corrected chi connectivity index (χ2v) is 5.02. The second kappa shape index (κ2) is 6.73. The van der Waals surface area contributed by atoms with Crippen molar-refractivity contribution in [3.63, 3.8) is 0 Å². The average Bonchev–Trinajstić information content (AvgIpc) is 2.49. The zero-order valence-electron chi connectivity index (χ0n) is 10.8. The molecule has 0 aliphatic rings. The molecule has 2 aromatic heterocycles. The number of pyridine rings is 2. The van der Waals surface area contributed by atoms with Crippen LogP contribution in [-0.2, 0) is 10.7 Å². The van der Waals surface area contributed by atoms with E-state index in [2.05, 4.69) is 9.97 Å². The van der Waals surface area contributed by atoms with Gasteiger partial charge in [0.25, 0.3) is 5.76 Å². The third-order valence-electron chi connectivity index (χ3n) is 2.48. The van der Waals surface area contributed by atoms with Gasteiger partial charge in [0, 0.05) is 6.20 Å². The quantitative estimate of drug-likeness (QED) is 0.673. The largest absolute Gasteiger partial charge is 0.366 e. The summed E-state index contributed by atoms with van der Waals surface area (Å²) in [7, 11) is 0. The molecule has 2 rings (SSSR count). The van der Waals surface area contributed by atoms with Gasteiger partial charge >= 0.3 is 11.8 Å². The molecule has 0 saturated carbocycles. The lowest BCUT2D eigenvalue weighted by molar-refractivity contribution is -0.141. The molecule has 9 heteroatoms. The SMILES string of the molecule is O=C(Nc1ccc(SC(F)F)nc1)C(F)(F)c1ccccn1. The molecule has 1 N–H and O–H groups in total. The minimum Gasteiger partial charge on any atom is -0.319 e. The van der Waals surface area contributed by atoms with E-state index in [1.54, 1.807) is 0 Å². The van der Waals surface area contributed by atoms with Gasteiger partial charge in [0.05, 0.1) is 11.9 Å². The Labute approximate surface area is 127 Å². The van der Waals surface area contributed by atoms with Crippen LogP contribution in [0.3, 0.4) is 0 Å². The first kappa shape index (κ1) is 16.2. The number of carbonyl (C=O) groups excluding carboxylic acids is 1. The molecule has 22 heavy (non-hydrogen) atoms. The molecule has 2 heterocycles. The number of thioether (sulfide) groups is 1. The van der Waals surface area contributed by atoms with E-state index in [1.807, 2.05) is 5.32 Å². The number of anilines is 1. The molecule has 0 aliphatic carbocycles. The summed E-state index contributed by atoms with van der Waals surface area (Å²) in [6.45, 7) is 0. The maximum absolute atomic E-state index is 13.9. The van der Waals surface area contributed by atoms with Gasteiger partial charge in [0.2, 0.25) is 0 Å². The zero-order chi connectivity index (χ0) is 16.2.